The maximum Gasteiger partial charge on any atom is 0.236 e. The van der Waals surface area contributed by atoms with Crippen LogP contribution in [-0.4, -0.2) is 19.0 Å². The second kappa shape index (κ2) is 6.07. The van der Waals surface area contributed by atoms with Crippen LogP contribution in [-0.2, 0) is 11.3 Å². The molecule has 0 aromatic heterocycles. The summed E-state index contributed by atoms with van der Waals surface area (Å²) in [5.41, 5.74) is 1.19. The topological polar surface area (TPSA) is 41.1 Å². The molecule has 1 aromatic rings. The van der Waals surface area contributed by atoms with Gasteiger partial charge in [0.1, 0.15) is 0 Å². The zero-order valence-electron chi connectivity index (χ0n) is 8.88. The first-order valence-corrected chi connectivity index (χ1v) is 5.91. The Kier molecular flexibility index (Phi) is 5.04. The Labute approximate surface area is 104 Å². The van der Waals surface area contributed by atoms with E-state index >= 15 is 0 Å². The molecule has 0 fully saturated rings. The van der Waals surface area contributed by atoms with Crippen LogP contribution in [0.2, 0.25) is 0 Å². The molecule has 82 valence electrons. The number of likely N-dealkylation sites (N-methyl/N-ethyl adjacent to an activating group) is 1. The molecule has 2 N–H and O–H groups in total. The number of nitrogens with one attached hydrogen (secondary N) is 2. The normalized spacial score (nSPS) is 12.2. The molecule has 0 saturated heterocycles. The van der Waals surface area contributed by atoms with Gasteiger partial charge in [0.2, 0.25) is 5.91 Å². The van der Waals surface area contributed by atoms with E-state index in [-0.39, 0.29) is 11.9 Å². The van der Waals surface area contributed by atoms with Gasteiger partial charge >= 0.3 is 0 Å². The van der Waals surface area contributed by atoms with E-state index in [0.29, 0.717) is 6.54 Å². The monoisotopic (exact) mass is 318 g/mol. The lowest BCUT2D eigenvalue weighted by molar-refractivity contribution is -0.122. The Morgan fingerprint density at radius 3 is 2.87 bits per heavy atom. The van der Waals surface area contributed by atoms with Crippen LogP contribution in [0, 0.1) is 3.57 Å². The number of benzene rings is 1. The number of hydrogen-bond acceptors (Lipinski definition) is 2. The summed E-state index contributed by atoms with van der Waals surface area (Å²) >= 11 is 2.28. The van der Waals surface area contributed by atoms with Gasteiger partial charge in [-0.25, -0.2) is 0 Å². The lowest BCUT2D eigenvalue weighted by atomic mass is 10.2. The van der Waals surface area contributed by atoms with Crippen molar-refractivity contribution in [2.75, 3.05) is 7.05 Å². The highest BCUT2D eigenvalue weighted by Gasteiger charge is 2.09. The summed E-state index contributed by atoms with van der Waals surface area (Å²) in [7, 11) is 1.64. The van der Waals surface area contributed by atoms with E-state index in [4.69, 9.17) is 0 Å². The van der Waals surface area contributed by atoms with Crippen LogP contribution in [0.1, 0.15) is 12.5 Å². The van der Waals surface area contributed by atoms with Crippen LogP contribution in [0.4, 0.5) is 0 Å². The molecule has 1 atom stereocenters. The van der Waals surface area contributed by atoms with Crippen LogP contribution in [0.3, 0.4) is 0 Å². The summed E-state index contributed by atoms with van der Waals surface area (Å²) < 4.78 is 1.21. The SMILES string of the molecule is CNC(=O)C(C)NCc1cccc(I)c1. The number of rotatable bonds is 4. The largest absolute Gasteiger partial charge is 0.358 e. The molecule has 0 aliphatic rings. The van der Waals surface area contributed by atoms with Crippen molar-refractivity contribution in [2.24, 2.45) is 0 Å². The molecule has 0 aliphatic carbocycles. The molecular weight excluding hydrogens is 303 g/mol. The molecule has 0 aliphatic heterocycles. The minimum Gasteiger partial charge on any atom is -0.358 e. The van der Waals surface area contributed by atoms with E-state index in [0.717, 1.165) is 0 Å². The molecule has 0 bridgehead atoms. The van der Waals surface area contributed by atoms with Gasteiger partial charge in [0.15, 0.2) is 0 Å². The molecule has 0 saturated carbocycles. The van der Waals surface area contributed by atoms with Crippen LogP contribution in [0.15, 0.2) is 24.3 Å². The van der Waals surface area contributed by atoms with E-state index in [9.17, 15) is 4.79 Å². The van der Waals surface area contributed by atoms with E-state index in [1.54, 1.807) is 7.05 Å². The zero-order chi connectivity index (χ0) is 11.3. The van der Waals surface area contributed by atoms with Gasteiger partial charge in [-0.1, -0.05) is 12.1 Å². The van der Waals surface area contributed by atoms with E-state index in [1.165, 1.54) is 9.13 Å². The third-order valence-electron chi connectivity index (χ3n) is 2.14. The Morgan fingerprint density at radius 1 is 1.53 bits per heavy atom. The summed E-state index contributed by atoms with van der Waals surface area (Å²) in [5.74, 6) is 0.0145. The Bertz CT molecular complexity index is 341. The predicted molar refractivity (Wildman–Crippen MR) is 69.5 cm³/mol. The number of halogens is 1. The second-order valence-corrected chi connectivity index (χ2v) is 4.59. The molecule has 0 radical (unpaired) electrons. The van der Waals surface area contributed by atoms with Gasteiger partial charge in [0.25, 0.3) is 0 Å². The number of amides is 1. The summed E-state index contributed by atoms with van der Waals surface area (Å²) in [6.07, 6.45) is 0. The van der Waals surface area contributed by atoms with Crippen LogP contribution < -0.4 is 10.6 Å². The maximum atomic E-state index is 11.2. The van der Waals surface area contributed by atoms with E-state index in [2.05, 4.69) is 39.3 Å². The van der Waals surface area contributed by atoms with Crippen molar-refractivity contribution in [1.82, 2.24) is 10.6 Å². The molecule has 1 unspecified atom stereocenters. The maximum absolute atomic E-state index is 11.2. The molecule has 4 heteroatoms. The van der Waals surface area contributed by atoms with E-state index in [1.807, 2.05) is 25.1 Å². The summed E-state index contributed by atoms with van der Waals surface area (Å²) in [6, 6.07) is 8.05. The van der Waals surface area contributed by atoms with Crippen molar-refractivity contribution >= 4 is 28.5 Å². The fourth-order valence-electron chi connectivity index (χ4n) is 1.23. The van der Waals surface area contributed by atoms with Crippen molar-refractivity contribution in [1.29, 1.82) is 0 Å². The molecular formula is C11H15IN2O. The van der Waals surface area contributed by atoms with Gasteiger partial charge in [0, 0.05) is 17.2 Å². The van der Waals surface area contributed by atoms with Crippen LogP contribution >= 0.6 is 22.6 Å². The Balaban J connectivity index is 2.47. The highest BCUT2D eigenvalue weighted by Crippen LogP contribution is 2.07. The minimum absolute atomic E-state index is 0.0145. The van der Waals surface area contributed by atoms with Crippen molar-refractivity contribution < 1.29 is 4.79 Å². The van der Waals surface area contributed by atoms with Crippen LogP contribution in [0.25, 0.3) is 0 Å². The number of hydrogen-bond donors (Lipinski definition) is 2. The van der Waals surface area contributed by atoms with Crippen molar-refractivity contribution in [3.63, 3.8) is 0 Å². The van der Waals surface area contributed by atoms with Crippen molar-refractivity contribution in [3.8, 4) is 0 Å². The average molecular weight is 318 g/mol. The number of carbonyl (C=O) groups excluding carboxylic acids is 1. The molecule has 1 rings (SSSR count). The van der Waals surface area contributed by atoms with Gasteiger partial charge in [-0.3, -0.25) is 4.79 Å². The van der Waals surface area contributed by atoms with Crippen LogP contribution in [0.5, 0.6) is 0 Å². The summed E-state index contributed by atoms with van der Waals surface area (Å²) in [5, 5.41) is 5.77. The highest BCUT2D eigenvalue weighted by molar-refractivity contribution is 14.1. The van der Waals surface area contributed by atoms with Crippen molar-refractivity contribution in [3.05, 3.63) is 33.4 Å². The highest BCUT2D eigenvalue weighted by atomic mass is 127. The van der Waals surface area contributed by atoms with Gasteiger partial charge in [0.05, 0.1) is 6.04 Å². The standard InChI is InChI=1S/C11H15IN2O/c1-8(11(15)13-2)14-7-9-4-3-5-10(12)6-9/h3-6,8,14H,7H2,1-2H3,(H,13,15). The third kappa shape index (κ3) is 4.17. The fraction of sp³-hybridized carbons (Fsp3) is 0.364. The summed E-state index contributed by atoms with van der Waals surface area (Å²) in [6.45, 7) is 2.57. The Morgan fingerprint density at radius 2 is 2.27 bits per heavy atom. The zero-order valence-corrected chi connectivity index (χ0v) is 11.0. The molecule has 1 aromatic carbocycles. The van der Waals surface area contributed by atoms with Gasteiger partial charge < -0.3 is 10.6 Å². The van der Waals surface area contributed by atoms with Gasteiger partial charge in [-0.2, -0.15) is 0 Å². The predicted octanol–water partition coefficient (Wildman–Crippen LogP) is 1.52. The van der Waals surface area contributed by atoms with E-state index < -0.39 is 0 Å². The molecule has 0 spiro atoms. The smallest absolute Gasteiger partial charge is 0.236 e. The first kappa shape index (κ1) is 12.4. The first-order chi connectivity index (χ1) is 7.13. The second-order valence-electron chi connectivity index (χ2n) is 3.35. The lowest BCUT2D eigenvalue weighted by Gasteiger charge is -2.12. The summed E-state index contributed by atoms with van der Waals surface area (Å²) in [4.78, 5) is 11.2. The number of carbonyl (C=O) groups is 1. The molecule has 3 nitrogen and oxygen atoms in total. The lowest BCUT2D eigenvalue weighted by Crippen LogP contribution is -2.40. The fourth-order valence-corrected chi connectivity index (χ4v) is 1.83. The third-order valence-corrected chi connectivity index (χ3v) is 2.81. The molecule has 0 heterocycles. The Hall–Kier alpha value is -0.620. The molecule has 1 amide bonds. The molecule has 15 heavy (non-hydrogen) atoms. The van der Waals surface area contributed by atoms with Gasteiger partial charge in [-0.15, -0.1) is 0 Å². The first-order valence-electron chi connectivity index (χ1n) is 4.83. The quantitative estimate of drug-likeness (QED) is 0.827. The van der Waals surface area contributed by atoms with Gasteiger partial charge in [-0.05, 0) is 47.2 Å². The minimum atomic E-state index is -0.159. The average Bonchev–Trinajstić information content (AvgIpc) is 2.25. The van der Waals surface area contributed by atoms with Crippen molar-refractivity contribution in [2.45, 2.75) is 19.5 Å².